The van der Waals surface area contributed by atoms with Gasteiger partial charge in [-0.2, -0.15) is 0 Å². The summed E-state index contributed by atoms with van der Waals surface area (Å²) in [5, 5.41) is 0.0793. The standard InChI is InChI=1S/C25H25F3O/c1-3-5-7-8-18-9-10-19-16-21(24(27)25(28)22(19)23(18)26)17-11-13-20(14-12-17)29-15-6-4-2/h4,6,9-14,16H,3,5,7-8,15H2,1-2H3. The molecular weight excluding hydrogens is 373 g/mol. The van der Waals surface area contributed by atoms with Gasteiger partial charge in [-0.3, -0.25) is 0 Å². The first-order valence-corrected chi connectivity index (χ1v) is 10.00. The van der Waals surface area contributed by atoms with Crippen molar-refractivity contribution >= 4 is 10.8 Å². The van der Waals surface area contributed by atoms with E-state index in [1.807, 2.05) is 19.1 Å². The highest BCUT2D eigenvalue weighted by Gasteiger charge is 2.19. The van der Waals surface area contributed by atoms with Crippen molar-refractivity contribution in [3.8, 4) is 16.9 Å². The predicted octanol–water partition coefficient (Wildman–Crippen LogP) is 7.61. The van der Waals surface area contributed by atoms with Crippen LogP contribution in [0.3, 0.4) is 0 Å². The van der Waals surface area contributed by atoms with Gasteiger partial charge in [0.1, 0.15) is 18.2 Å². The molecule has 152 valence electrons. The lowest BCUT2D eigenvalue weighted by atomic mass is 9.96. The fourth-order valence-corrected chi connectivity index (χ4v) is 3.36. The lowest BCUT2D eigenvalue weighted by molar-refractivity contribution is 0.363. The molecule has 0 aliphatic rings. The van der Waals surface area contributed by atoms with Gasteiger partial charge in [0.25, 0.3) is 0 Å². The van der Waals surface area contributed by atoms with E-state index in [0.717, 1.165) is 19.3 Å². The fourth-order valence-electron chi connectivity index (χ4n) is 3.36. The Balaban J connectivity index is 1.96. The van der Waals surface area contributed by atoms with E-state index in [9.17, 15) is 13.2 Å². The summed E-state index contributed by atoms with van der Waals surface area (Å²) in [6, 6.07) is 11.6. The van der Waals surface area contributed by atoms with Crippen LogP contribution in [0.25, 0.3) is 21.9 Å². The second-order valence-electron chi connectivity index (χ2n) is 7.05. The van der Waals surface area contributed by atoms with Crippen LogP contribution in [0.5, 0.6) is 5.75 Å². The van der Waals surface area contributed by atoms with Crippen molar-refractivity contribution in [3.63, 3.8) is 0 Å². The van der Waals surface area contributed by atoms with E-state index in [1.54, 1.807) is 36.4 Å². The molecule has 0 saturated heterocycles. The number of hydrogen-bond acceptors (Lipinski definition) is 1. The fraction of sp³-hybridized carbons (Fsp3) is 0.280. The van der Waals surface area contributed by atoms with Crippen LogP contribution in [0.15, 0.2) is 54.6 Å². The summed E-state index contributed by atoms with van der Waals surface area (Å²) < 4.78 is 50.0. The molecule has 0 amide bonds. The number of ether oxygens (including phenoxy) is 1. The number of allylic oxidation sites excluding steroid dienone is 1. The number of benzene rings is 3. The first-order chi connectivity index (χ1) is 14.1. The Morgan fingerprint density at radius 3 is 2.34 bits per heavy atom. The molecule has 0 heterocycles. The quantitative estimate of drug-likeness (QED) is 0.280. The molecule has 0 aliphatic heterocycles. The van der Waals surface area contributed by atoms with Gasteiger partial charge in [0, 0.05) is 5.56 Å². The number of rotatable bonds is 8. The molecular formula is C25H25F3O. The van der Waals surface area contributed by atoms with Crippen molar-refractivity contribution in [2.45, 2.75) is 39.5 Å². The molecule has 0 N–H and O–H groups in total. The molecule has 0 spiro atoms. The van der Waals surface area contributed by atoms with Crippen LogP contribution in [-0.4, -0.2) is 6.61 Å². The number of halogens is 3. The van der Waals surface area contributed by atoms with Crippen molar-refractivity contribution in [2.75, 3.05) is 6.61 Å². The van der Waals surface area contributed by atoms with Crippen LogP contribution < -0.4 is 4.74 Å². The number of fused-ring (bicyclic) bond motifs is 1. The largest absolute Gasteiger partial charge is 0.490 e. The molecule has 1 nitrogen and oxygen atoms in total. The third-order valence-electron chi connectivity index (χ3n) is 5.00. The highest BCUT2D eigenvalue weighted by atomic mass is 19.2. The van der Waals surface area contributed by atoms with Crippen LogP contribution in [-0.2, 0) is 6.42 Å². The molecule has 0 bridgehead atoms. The Morgan fingerprint density at radius 2 is 1.66 bits per heavy atom. The van der Waals surface area contributed by atoms with Gasteiger partial charge in [0.2, 0.25) is 0 Å². The lowest BCUT2D eigenvalue weighted by Gasteiger charge is -2.12. The Hall–Kier alpha value is -2.75. The Labute approximate surface area is 169 Å². The minimum absolute atomic E-state index is 0.105. The van der Waals surface area contributed by atoms with Crippen molar-refractivity contribution in [1.29, 1.82) is 0 Å². The molecule has 0 atom stereocenters. The summed E-state index contributed by atoms with van der Waals surface area (Å²) in [4.78, 5) is 0. The zero-order chi connectivity index (χ0) is 20.8. The van der Waals surface area contributed by atoms with E-state index in [1.165, 1.54) is 6.07 Å². The Kier molecular flexibility index (Phi) is 6.97. The second kappa shape index (κ2) is 9.64. The van der Waals surface area contributed by atoms with Crippen LogP contribution in [0.2, 0.25) is 0 Å². The molecule has 0 radical (unpaired) electrons. The van der Waals surface area contributed by atoms with Gasteiger partial charge >= 0.3 is 0 Å². The number of hydrogen-bond donors (Lipinski definition) is 0. The lowest BCUT2D eigenvalue weighted by Crippen LogP contribution is -1.99. The summed E-state index contributed by atoms with van der Waals surface area (Å²) in [7, 11) is 0. The molecule has 0 aromatic heterocycles. The second-order valence-corrected chi connectivity index (χ2v) is 7.05. The normalized spacial score (nSPS) is 11.5. The van der Waals surface area contributed by atoms with Gasteiger partial charge in [-0.25, -0.2) is 13.2 Å². The SMILES string of the molecule is CC=CCOc1ccc(-c2cc3ccc(CCCCC)c(F)c3c(F)c2F)cc1. The van der Waals surface area contributed by atoms with Gasteiger partial charge in [-0.15, -0.1) is 0 Å². The van der Waals surface area contributed by atoms with Crippen LogP contribution >= 0.6 is 0 Å². The third kappa shape index (κ3) is 4.64. The Bertz CT molecular complexity index is 1010. The molecule has 0 aliphatic carbocycles. The molecule has 0 saturated carbocycles. The summed E-state index contributed by atoms with van der Waals surface area (Å²) >= 11 is 0. The zero-order valence-corrected chi connectivity index (χ0v) is 16.8. The highest BCUT2D eigenvalue weighted by molar-refractivity contribution is 5.89. The van der Waals surface area contributed by atoms with Crippen molar-refractivity contribution in [2.24, 2.45) is 0 Å². The van der Waals surface area contributed by atoms with Gasteiger partial charge in [0.05, 0.1) is 5.39 Å². The summed E-state index contributed by atoms with van der Waals surface area (Å²) in [5.41, 5.74) is 1.04. The van der Waals surface area contributed by atoms with Crippen molar-refractivity contribution < 1.29 is 17.9 Å². The predicted molar refractivity (Wildman–Crippen MR) is 113 cm³/mol. The first-order valence-electron chi connectivity index (χ1n) is 10.00. The minimum atomic E-state index is -1.14. The number of aryl methyl sites for hydroxylation is 1. The maximum atomic E-state index is 14.8. The number of unbranched alkanes of at least 4 members (excludes halogenated alkanes) is 2. The molecule has 3 rings (SSSR count). The van der Waals surface area contributed by atoms with Crippen LogP contribution in [0.1, 0.15) is 38.7 Å². The topological polar surface area (TPSA) is 9.23 Å². The van der Waals surface area contributed by atoms with Crippen LogP contribution in [0.4, 0.5) is 13.2 Å². The van der Waals surface area contributed by atoms with Gasteiger partial charge in [-0.1, -0.05) is 56.2 Å². The van der Waals surface area contributed by atoms with Crippen LogP contribution in [0, 0.1) is 17.5 Å². The van der Waals surface area contributed by atoms with E-state index in [2.05, 4.69) is 6.92 Å². The van der Waals surface area contributed by atoms with E-state index in [4.69, 9.17) is 4.74 Å². The monoisotopic (exact) mass is 398 g/mol. The summed E-state index contributed by atoms with van der Waals surface area (Å²) in [6.45, 7) is 4.41. The van der Waals surface area contributed by atoms with E-state index >= 15 is 0 Å². The molecule has 3 aromatic carbocycles. The van der Waals surface area contributed by atoms with E-state index in [0.29, 0.717) is 35.3 Å². The van der Waals surface area contributed by atoms with Gasteiger partial charge < -0.3 is 4.74 Å². The smallest absolute Gasteiger partial charge is 0.170 e. The third-order valence-corrected chi connectivity index (χ3v) is 5.00. The first kappa shape index (κ1) is 21.0. The summed E-state index contributed by atoms with van der Waals surface area (Å²) in [5.74, 6) is -2.20. The van der Waals surface area contributed by atoms with E-state index < -0.39 is 17.5 Å². The molecule has 0 unspecified atom stereocenters. The Morgan fingerprint density at radius 1 is 0.897 bits per heavy atom. The van der Waals surface area contributed by atoms with Crippen molar-refractivity contribution in [1.82, 2.24) is 0 Å². The molecule has 3 aromatic rings. The van der Waals surface area contributed by atoms with Gasteiger partial charge in [-0.05, 0) is 54.5 Å². The maximum absolute atomic E-state index is 14.8. The van der Waals surface area contributed by atoms with Crippen molar-refractivity contribution in [3.05, 3.63) is 77.6 Å². The molecule has 4 heteroatoms. The zero-order valence-electron chi connectivity index (χ0n) is 16.8. The minimum Gasteiger partial charge on any atom is -0.490 e. The highest BCUT2D eigenvalue weighted by Crippen LogP contribution is 2.34. The molecule has 0 fully saturated rings. The van der Waals surface area contributed by atoms with E-state index in [-0.39, 0.29) is 10.9 Å². The maximum Gasteiger partial charge on any atom is 0.170 e. The molecule has 29 heavy (non-hydrogen) atoms. The summed E-state index contributed by atoms with van der Waals surface area (Å²) in [6.07, 6.45) is 7.09. The average Bonchev–Trinajstić information content (AvgIpc) is 2.73. The average molecular weight is 398 g/mol. The van der Waals surface area contributed by atoms with Gasteiger partial charge in [0.15, 0.2) is 11.6 Å².